The number of nitrogens with one attached hydrogen (secondary N) is 2. The molecule has 3 aromatic carbocycles. The topological polar surface area (TPSA) is 105 Å². The molecular weight excluding hydrogens is 644 g/mol. The maximum Gasteiger partial charge on any atom is 0.335 e. The zero-order valence-electron chi connectivity index (χ0n) is 18.9. The lowest BCUT2D eigenvalue weighted by molar-refractivity contribution is -0.122. The number of amides is 5. The predicted molar refractivity (Wildman–Crippen MR) is 150 cm³/mol. The number of carbonyl (C=O) groups is 4. The zero-order valence-corrected chi connectivity index (χ0v) is 23.5. The molecule has 4 rings (SSSR count). The summed E-state index contributed by atoms with van der Waals surface area (Å²) in [6, 6.07) is 12.7. The highest BCUT2D eigenvalue weighted by atomic mass is 79.9. The van der Waals surface area contributed by atoms with E-state index in [1.54, 1.807) is 30.3 Å². The van der Waals surface area contributed by atoms with Gasteiger partial charge in [0, 0.05) is 5.69 Å². The number of rotatable bonds is 6. The number of anilines is 2. The number of nitrogens with zero attached hydrogens (tertiary/aromatic N) is 1. The first-order chi connectivity index (χ1) is 18.0. The quantitative estimate of drug-likeness (QED) is 0.226. The van der Waals surface area contributed by atoms with Crippen LogP contribution in [0.4, 0.5) is 16.2 Å². The van der Waals surface area contributed by atoms with Gasteiger partial charge in [0.15, 0.2) is 6.61 Å². The first-order valence-electron chi connectivity index (χ1n) is 10.6. The van der Waals surface area contributed by atoms with E-state index in [2.05, 4.69) is 26.6 Å². The molecule has 1 heterocycles. The van der Waals surface area contributed by atoms with Crippen LogP contribution in [0.1, 0.15) is 5.56 Å². The van der Waals surface area contributed by atoms with Crippen molar-refractivity contribution in [3.63, 3.8) is 0 Å². The number of imide groups is 2. The third-order valence-electron chi connectivity index (χ3n) is 5.09. The van der Waals surface area contributed by atoms with Crippen molar-refractivity contribution >= 4 is 104 Å². The van der Waals surface area contributed by atoms with Crippen molar-refractivity contribution in [1.29, 1.82) is 0 Å². The molecule has 38 heavy (non-hydrogen) atoms. The van der Waals surface area contributed by atoms with E-state index >= 15 is 0 Å². The first kappa shape index (κ1) is 27.9. The molecule has 1 aliphatic heterocycles. The Kier molecular flexibility index (Phi) is 8.64. The van der Waals surface area contributed by atoms with Gasteiger partial charge in [-0.05, 0) is 76.1 Å². The van der Waals surface area contributed by atoms with Crippen LogP contribution in [0.3, 0.4) is 0 Å². The van der Waals surface area contributed by atoms with E-state index in [4.69, 9.17) is 51.1 Å². The largest absolute Gasteiger partial charge is 0.483 e. The molecule has 0 radical (unpaired) electrons. The standard InChI is InChI=1S/C25H14BrCl4N3O5/c26-16-8-12(1-6-21(16)38-11-22(34)31-13-2-4-17(27)19(29)9-13)7-15-23(35)32-25(37)33(24(15)36)14-3-5-18(28)20(30)10-14/h1-10H,11H2,(H,31,34)(H,32,35,37)/b15-7-. The van der Waals surface area contributed by atoms with Crippen molar-refractivity contribution in [2.45, 2.75) is 0 Å². The van der Waals surface area contributed by atoms with Gasteiger partial charge >= 0.3 is 6.03 Å². The lowest BCUT2D eigenvalue weighted by Crippen LogP contribution is -2.54. The van der Waals surface area contributed by atoms with Gasteiger partial charge < -0.3 is 10.1 Å². The van der Waals surface area contributed by atoms with Crippen LogP contribution in [-0.4, -0.2) is 30.4 Å². The minimum absolute atomic E-state index is 0.136. The number of hydrogen-bond donors (Lipinski definition) is 2. The molecule has 0 spiro atoms. The Labute approximate surface area is 244 Å². The number of urea groups is 1. The van der Waals surface area contributed by atoms with E-state index in [-0.39, 0.29) is 27.9 Å². The molecule has 1 fully saturated rings. The van der Waals surface area contributed by atoms with Gasteiger partial charge in [0.25, 0.3) is 17.7 Å². The lowest BCUT2D eigenvalue weighted by atomic mass is 10.1. The third kappa shape index (κ3) is 6.31. The summed E-state index contributed by atoms with van der Waals surface area (Å²) in [7, 11) is 0. The molecule has 0 aromatic heterocycles. The number of ether oxygens (including phenoxy) is 1. The van der Waals surface area contributed by atoms with Crippen LogP contribution in [0.25, 0.3) is 6.08 Å². The van der Waals surface area contributed by atoms with Crippen LogP contribution in [-0.2, 0) is 14.4 Å². The Morgan fingerprint density at radius 3 is 2.26 bits per heavy atom. The van der Waals surface area contributed by atoms with Gasteiger partial charge in [-0.25, -0.2) is 9.69 Å². The van der Waals surface area contributed by atoms with Gasteiger partial charge in [0.2, 0.25) is 0 Å². The second kappa shape index (κ2) is 11.8. The predicted octanol–water partition coefficient (Wildman–Crippen LogP) is 6.75. The highest BCUT2D eigenvalue weighted by Gasteiger charge is 2.37. The Hall–Kier alpha value is -3.08. The smallest absolute Gasteiger partial charge is 0.335 e. The van der Waals surface area contributed by atoms with Gasteiger partial charge in [-0.15, -0.1) is 0 Å². The maximum absolute atomic E-state index is 13.1. The summed E-state index contributed by atoms with van der Waals surface area (Å²) in [5.41, 5.74) is 0.769. The summed E-state index contributed by atoms with van der Waals surface area (Å²) in [4.78, 5) is 50.9. The molecule has 8 nitrogen and oxygen atoms in total. The Balaban J connectivity index is 1.48. The van der Waals surface area contributed by atoms with Crippen LogP contribution in [0.5, 0.6) is 5.75 Å². The monoisotopic (exact) mass is 655 g/mol. The van der Waals surface area contributed by atoms with Crippen molar-refractivity contribution in [2.75, 3.05) is 16.8 Å². The molecule has 194 valence electrons. The van der Waals surface area contributed by atoms with Gasteiger partial charge in [-0.2, -0.15) is 0 Å². The molecule has 3 aromatic rings. The molecule has 0 unspecified atom stereocenters. The van der Waals surface area contributed by atoms with E-state index in [9.17, 15) is 19.2 Å². The Morgan fingerprint density at radius 2 is 1.61 bits per heavy atom. The minimum Gasteiger partial charge on any atom is -0.483 e. The van der Waals surface area contributed by atoms with Crippen LogP contribution in [0.15, 0.2) is 64.6 Å². The molecule has 13 heteroatoms. The van der Waals surface area contributed by atoms with E-state index in [1.165, 1.54) is 30.3 Å². The fourth-order valence-corrected chi connectivity index (χ4v) is 4.42. The van der Waals surface area contributed by atoms with E-state index in [1.807, 2.05) is 0 Å². The molecule has 1 aliphatic rings. The van der Waals surface area contributed by atoms with E-state index < -0.39 is 23.8 Å². The highest BCUT2D eigenvalue weighted by molar-refractivity contribution is 9.10. The van der Waals surface area contributed by atoms with Crippen molar-refractivity contribution in [1.82, 2.24) is 5.32 Å². The average Bonchev–Trinajstić information content (AvgIpc) is 2.85. The fraction of sp³-hybridized carbons (Fsp3) is 0.0400. The van der Waals surface area contributed by atoms with Crippen LogP contribution >= 0.6 is 62.3 Å². The fourth-order valence-electron chi connectivity index (χ4n) is 3.32. The summed E-state index contributed by atoms with van der Waals surface area (Å²) in [6.45, 7) is -0.305. The molecule has 5 amide bonds. The lowest BCUT2D eigenvalue weighted by Gasteiger charge is -2.26. The summed E-state index contributed by atoms with van der Waals surface area (Å²) < 4.78 is 6.01. The van der Waals surface area contributed by atoms with Gasteiger partial charge in [-0.3, -0.25) is 19.7 Å². The van der Waals surface area contributed by atoms with Crippen LogP contribution in [0.2, 0.25) is 20.1 Å². The van der Waals surface area contributed by atoms with Gasteiger partial charge in [0.05, 0.1) is 30.3 Å². The molecule has 2 N–H and O–H groups in total. The third-order valence-corrected chi connectivity index (χ3v) is 7.19. The minimum atomic E-state index is -0.917. The Bertz CT molecular complexity index is 1530. The molecule has 0 saturated carbocycles. The van der Waals surface area contributed by atoms with Crippen molar-refractivity contribution < 1.29 is 23.9 Å². The second-order valence-corrected chi connectivity index (χ2v) is 10.2. The SMILES string of the molecule is O=C(COc1ccc(/C=C2/C(=O)NC(=O)N(c3ccc(Cl)c(Cl)c3)C2=O)cc1Br)Nc1ccc(Cl)c(Cl)c1. The second-order valence-electron chi connectivity index (χ2n) is 7.71. The average molecular weight is 658 g/mol. The number of halogens is 5. The van der Waals surface area contributed by atoms with E-state index in [0.717, 1.165) is 4.90 Å². The molecule has 0 atom stereocenters. The molecule has 0 aliphatic carbocycles. The van der Waals surface area contributed by atoms with Crippen LogP contribution in [0, 0.1) is 0 Å². The summed E-state index contributed by atoms with van der Waals surface area (Å²) in [6.07, 6.45) is 1.32. The molecular formula is C25H14BrCl4N3O5. The van der Waals surface area contributed by atoms with Crippen LogP contribution < -0.4 is 20.3 Å². The molecule has 0 bridgehead atoms. The molecule has 1 saturated heterocycles. The van der Waals surface area contributed by atoms with Crippen molar-refractivity contribution in [2.24, 2.45) is 0 Å². The van der Waals surface area contributed by atoms with Gasteiger partial charge in [-0.1, -0.05) is 52.5 Å². The number of barbiturate groups is 1. The van der Waals surface area contributed by atoms with E-state index in [0.29, 0.717) is 31.5 Å². The number of hydrogen-bond acceptors (Lipinski definition) is 5. The normalized spacial score (nSPS) is 14.5. The van der Waals surface area contributed by atoms with Gasteiger partial charge in [0.1, 0.15) is 11.3 Å². The Morgan fingerprint density at radius 1 is 0.921 bits per heavy atom. The first-order valence-corrected chi connectivity index (χ1v) is 12.9. The summed E-state index contributed by atoms with van der Waals surface area (Å²) in [5, 5.41) is 5.81. The summed E-state index contributed by atoms with van der Waals surface area (Å²) in [5.74, 6) is -1.79. The number of carbonyl (C=O) groups excluding carboxylic acids is 4. The maximum atomic E-state index is 13.1. The number of benzene rings is 3. The summed E-state index contributed by atoms with van der Waals surface area (Å²) >= 11 is 27.1. The highest BCUT2D eigenvalue weighted by Crippen LogP contribution is 2.31. The van der Waals surface area contributed by atoms with Crippen molar-refractivity contribution in [3.8, 4) is 5.75 Å². The van der Waals surface area contributed by atoms with Crippen molar-refractivity contribution in [3.05, 3.63) is 90.3 Å². The zero-order chi connectivity index (χ0) is 27.6.